The SMILES string of the molecule is C=CC1=C(C)/C2=C/c3c(C=C)c(C)c4[n]3[Fe]([Cl])[n]3/c(c(C)c(CCC(=O)O)/c3=C/C3=NC(=C\4)/C(C)=C3CCC(=O)O)=C\C1=N2.[Fe]. The van der Waals surface area contributed by atoms with Crippen molar-refractivity contribution >= 4 is 63.8 Å². The predicted molar refractivity (Wildman–Crippen MR) is 173 cm³/mol. The van der Waals surface area contributed by atoms with Crippen LogP contribution < -0.4 is 10.7 Å². The zero-order chi connectivity index (χ0) is 31.6. The third kappa shape index (κ3) is 5.25. The fourth-order valence-corrected chi connectivity index (χ4v) is 9.36. The van der Waals surface area contributed by atoms with Crippen LogP contribution in [0, 0.1) is 13.8 Å². The van der Waals surface area contributed by atoms with E-state index < -0.39 is 25.4 Å². The normalized spacial score (nSPS) is 20.8. The van der Waals surface area contributed by atoms with E-state index in [0.717, 1.165) is 83.7 Å². The molecule has 2 N–H and O–H groups in total. The Balaban J connectivity index is 0.00000400. The summed E-state index contributed by atoms with van der Waals surface area (Å²) in [5, 5.41) is 20.8. The largest absolute Gasteiger partial charge is 0 e. The van der Waals surface area contributed by atoms with E-state index in [-0.39, 0.29) is 36.3 Å². The van der Waals surface area contributed by atoms with Gasteiger partial charge in [0.15, 0.2) is 0 Å². The first-order chi connectivity index (χ1) is 21.0. The molecule has 0 saturated heterocycles. The van der Waals surface area contributed by atoms with Crippen molar-refractivity contribution in [3.8, 4) is 0 Å². The van der Waals surface area contributed by atoms with E-state index in [1.165, 1.54) is 0 Å². The van der Waals surface area contributed by atoms with E-state index in [1.54, 1.807) is 0 Å². The molecule has 0 aromatic carbocycles. The number of carboxylic acid groups (broad SMARTS) is 2. The minimum atomic E-state index is -1.91. The Bertz CT molecular complexity index is 2070. The molecule has 4 aliphatic rings. The molecule has 6 bridgehead atoms. The van der Waals surface area contributed by atoms with Crippen molar-refractivity contribution in [2.24, 2.45) is 9.98 Å². The first-order valence-corrected chi connectivity index (χ1v) is 16.7. The second-order valence-corrected chi connectivity index (χ2v) is 13.7. The number of rotatable bonds is 8. The van der Waals surface area contributed by atoms with Gasteiger partial charge in [0.05, 0.1) is 0 Å². The molecule has 2 aromatic rings. The Kier molecular flexibility index (Phi) is 8.93. The van der Waals surface area contributed by atoms with Crippen molar-refractivity contribution in [2.45, 2.75) is 53.4 Å². The molecule has 11 heteroatoms. The Labute approximate surface area is 280 Å². The molecular weight excluding hydrogens is 676 g/mol. The number of carboxylic acids is 2. The van der Waals surface area contributed by atoms with E-state index in [2.05, 4.69) is 26.4 Å². The van der Waals surface area contributed by atoms with Gasteiger partial charge in [0.1, 0.15) is 0 Å². The maximum absolute atomic E-state index is 11.8. The number of halogens is 1. The van der Waals surface area contributed by atoms with Crippen LogP contribution in [0.1, 0.15) is 66.8 Å². The van der Waals surface area contributed by atoms with Gasteiger partial charge in [0.2, 0.25) is 0 Å². The maximum Gasteiger partial charge on any atom is 0 e. The van der Waals surface area contributed by atoms with Crippen molar-refractivity contribution in [3.63, 3.8) is 0 Å². The molecular formula is C34H32ClFe2N4O4. The van der Waals surface area contributed by atoms with E-state index in [9.17, 15) is 19.8 Å². The summed E-state index contributed by atoms with van der Waals surface area (Å²) in [6.45, 7) is 16.3. The third-order valence-electron chi connectivity index (χ3n) is 8.67. The molecule has 0 saturated carbocycles. The summed E-state index contributed by atoms with van der Waals surface area (Å²) in [4.78, 5) is 33.5. The molecule has 235 valence electrons. The Morgan fingerprint density at radius 1 is 0.822 bits per heavy atom. The smallest absolute Gasteiger partial charge is 0 e. The molecule has 45 heavy (non-hydrogen) atoms. The molecule has 0 radical (unpaired) electrons. The summed E-state index contributed by atoms with van der Waals surface area (Å²) in [7, 11) is 7.69. The molecule has 0 amide bonds. The molecule has 0 spiro atoms. The Morgan fingerprint density at radius 2 is 1.42 bits per heavy atom. The number of fused-ring (bicyclic) bond motifs is 2. The van der Waals surface area contributed by atoms with Crippen molar-refractivity contribution in [1.29, 1.82) is 0 Å². The molecule has 0 aliphatic carbocycles. The monoisotopic (exact) mass is 707 g/mol. The van der Waals surface area contributed by atoms with Crippen LogP contribution in [-0.2, 0) is 46.5 Å². The average molecular weight is 708 g/mol. The van der Waals surface area contributed by atoms with Crippen LogP contribution in [0.3, 0.4) is 0 Å². The standard InChI is InChI=1S/C34H34N4O4.ClH.2Fe/c1-7-21-17(3)25-13-26-19(5)23(9-11-33(39)40)31(37-26)16-32-24(10-12-34(41)42)20(6)28(38-32)15-30-22(8-2)18(4)27(36-30)14-29(21)35-25;;;/h7-8,13-16H,1-2,9-12H2,3-6H3,(H4,35,36,37,38,39,40,41,42);1H;;/q;;;+3/p-3/b25-13?,26-13-,27-14-,28-15-,29-14?,30-15?,31-16?,32-16-;;;. The van der Waals surface area contributed by atoms with Gasteiger partial charge in [-0.15, -0.1) is 0 Å². The van der Waals surface area contributed by atoms with Crippen molar-refractivity contribution in [1.82, 2.24) is 7.17 Å². The quantitative estimate of drug-likeness (QED) is 0.357. The van der Waals surface area contributed by atoms with E-state index in [1.807, 2.05) is 58.1 Å². The van der Waals surface area contributed by atoms with Gasteiger partial charge >= 0.3 is 265 Å². The molecule has 2 aromatic heterocycles. The number of aliphatic carboxylic acids is 2. The minimum Gasteiger partial charge on any atom is 0 e. The van der Waals surface area contributed by atoms with Crippen molar-refractivity contribution in [3.05, 3.63) is 97.3 Å². The number of aliphatic imine (C=N–C) groups is 2. The van der Waals surface area contributed by atoms with Crippen LogP contribution >= 0.6 is 10.1 Å². The maximum atomic E-state index is 11.8. The molecule has 0 unspecified atom stereocenters. The van der Waals surface area contributed by atoms with Crippen molar-refractivity contribution < 1.29 is 50.3 Å². The number of carbonyl (C=O) groups is 2. The van der Waals surface area contributed by atoms with Gasteiger partial charge in [-0.2, -0.15) is 0 Å². The third-order valence-corrected chi connectivity index (χ3v) is 11.5. The van der Waals surface area contributed by atoms with Gasteiger partial charge < -0.3 is 0 Å². The van der Waals surface area contributed by atoms with Gasteiger partial charge in [-0.25, -0.2) is 0 Å². The summed E-state index contributed by atoms with van der Waals surface area (Å²) in [5.74, 6) is -1.78. The van der Waals surface area contributed by atoms with Crippen LogP contribution in [0.4, 0.5) is 0 Å². The number of nitrogens with zero attached hydrogens (tertiary/aromatic N) is 4. The van der Waals surface area contributed by atoms with E-state index in [0.29, 0.717) is 12.1 Å². The first kappa shape index (κ1) is 32.7. The van der Waals surface area contributed by atoms with E-state index >= 15 is 0 Å². The Morgan fingerprint density at radius 3 is 2.07 bits per heavy atom. The molecule has 0 atom stereocenters. The van der Waals surface area contributed by atoms with Gasteiger partial charge in [-0.1, -0.05) is 0 Å². The van der Waals surface area contributed by atoms with Gasteiger partial charge in [0, 0.05) is 17.1 Å². The number of aromatic nitrogens is 2. The second kappa shape index (κ2) is 12.3. The number of hydrogen-bond acceptors (Lipinski definition) is 4. The average Bonchev–Trinajstić information content (AvgIpc) is 3.60. The minimum absolute atomic E-state index is 0. The summed E-state index contributed by atoms with van der Waals surface area (Å²) in [6, 6.07) is 0. The summed E-state index contributed by atoms with van der Waals surface area (Å²) < 4.78 is 4.25. The molecule has 6 heterocycles. The van der Waals surface area contributed by atoms with Gasteiger partial charge in [0.25, 0.3) is 0 Å². The second-order valence-electron chi connectivity index (χ2n) is 11.1. The van der Waals surface area contributed by atoms with Crippen LogP contribution in [0.5, 0.6) is 0 Å². The molecule has 4 aliphatic heterocycles. The summed E-state index contributed by atoms with van der Waals surface area (Å²) in [5.41, 5.74) is 12.1. The van der Waals surface area contributed by atoms with Crippen LogP contribution in [0.15, 0.2) is 62.9 Å². The van der Waals surface area contributed by atoms with Crippen LogP contribution in [-0.4, -0.2) is 40.7 Å². The first-order valence-electron chi connectivity index (χ1n) is 14.2. The number of allylic oxidation sites excluding steroid dienone is 5. The fourth-order valence-electron chi connectivity index (χ4n) is 6.26. The zero-order valence-corrected chi connectivity index (χ0v) is 28.3. The molecule has 6 rings (SSSR count). The topological polar surface area (TPSA) is 109 Å². The fraction of sp³-hybridized carbons (Fsp3) is 0.235. The zero-order valence-electron chi connectivity index (χ0n) is 25.3. The Hall–Kier alpha value is -3.65. The van der Waals surface area contributed by atoms with Gasteiger partial charge in [-0.05, 0) is 0 Å². The summed E-state index contributed by atoms with van der Waals surface area (Å²) in [6.07, 6.45) is 12.2. The van der Waals surface area contributed by atoms with E-state index in [4.69, 9.17) is 20.1 Å². The van der Waals surface area contributed by atoms with Crippen LogP contribution in [0.25, 0.3) is 30.4 Å². The number of hydrogen-bond donors (Lipinski definition) is 2. The predicted octanol–water partition coefficient (Wildman–Crippen LogP) is 5.43. The van der Waals surface area contributed by atoms with Crippen LogP contribution in [0.2, 0.25) is 0 Å². The van der Waals surface area contributed by atoms with Gasteiger partial charge in [-0.3, -0.25) is 0 Å². The molecule has 8 nitrogen and oxygen atoms in total. The van der Waals surface area contributed by atoms with Crippen molar-refractivity contribution in [2.75, 3.05) is 0 Å². The molecule has 0 fully saturated rings. The summed E-state index contributed by atoms with van der Waals surface area (Å²) >= 11 is -1.91.